The summed E-state index contributed by atoms with van der Waals surface area (Å²) < 4.78 is 11.5. The number of likely N-dealkylation sites (tertiary alicyclic amines) is 1. The molecule has 2 amide bonds. The van der Waals surface area contributed by atoms with E-state index in [0.717, 1.165) is 18.4 Å². The van der Waals surface area contributed by atoms with Crippen molar-refractivity contribution in [3.05, 3.63) is 65.0 Å². The van der Waals surface area contributed by atoms with Crippen LogP contribution >= 0.6 is 0 Å². The summed E-state index contributed by atoms with van der Waals surface area (Å²) in [6.07, 6.45) is 5.03. The standard InChI is InChI=1S/C23H25N3O4/c27-21(16-3-7-24-8-4-16)25-9-5-20-6-10-30-23(20)14-26(15-23)22(28)17-1-2-18-12-29-13-19(18)11-17/h1-4,7-8,11,20H,5-6,9-10,12-15H2,(H,25,27)/t20-/m0/s1. The van der Waals surface area contributed by atoms with Gasteiger partial charge in [0.25, 0.3) is 11.8 Å². The van der Waals surface area contributed by atoms with Crippen molar-refractivity contribution in [1.82, 2.24) is 15.2 Å². The van der Waals surface area contributed by atoms with E-state index in [4.69, 9.17) is 9.47 Å². The van der Waals surface area contributed by atoms with E-state index in [1.54, 1.807) is 24.5 Å². The van der Waals surface area contributed by atoms with Crippen LogP contribution in [0.2, 0.25) is 0 Å². The molecule has 0 saturated carbocycles. The van der Waals surface area contributed by atoms with E-state index in [1.165, 1.54) is 5.56 Å². The number of aromatic nitrogens is 1. The van der Waals surface area contributed by atoms with Crippen LogP contribution in [0.3, 0.4) is 0 Å². The van der Waals surface area contributed by atoms with Gasteiger partial charge >= 0.3 is 0 Å². The molecule has 30 heavy (non-hydrogen) atoms. The van der Waals surface area contributed by atoms with Gasteiger partial charge in [0.05, 0.1) is 26.3 Å². The fourth-order valence-corrected chi connectivity index (χ4v) is 4.74. The molecule has 1 atom stereocenters. The Morgan fingerprint density at radius 1 is 1.10 bits per heavy atom. The van der Waals surface area contributed by atoms with E-state index in [-0.39, 0.29) is 17.4 Å². The van der Waals surface area contributed by atoms with Gasteiger partial charge in [0.2, 0.25) is 0 Å². The summed E-state index contributed by atoms with van der Waals surface area (Å²) in [7, 11) is 0. The van der Waals surface area contributed by atoms with Crippen LogP contribution in [-0.2, 0) is 22.7 Å². The van der Waals surface area contributed by atoms with Gasteiger partial charge in [-0.1, -0.05) is 6.07 Å². The van der Waals surface area contributed by atoms with Crippen molar-refractivity contribution in [2.24, 2.45) is 5.92 Å². The lowest BCUT2D eigenvalue weighted by atomic mass is 9.78. The zero-order chi connectivity index (χ0) is 20.6. The molecule has 3 aliphatic rings. The Bertz CT molecular complexity index is 956. The van der Waals surface area contributed by atoms with E-state index in [1.807, 2.05) is 23.1 Å². The molecule has 0 bridgehead atoms. The number of nitrogens with one attached hydrogen (secondary N) is 1. The largest absolute Gasteiger partial charge is 0.372 e. The monoisotopic (exact) mass is 407 g/mol. The van der Waals surface area contributed by atoms with Gasteiger partial charge in [0.1, 0.15) is 5.60 Å². The Hall–Kier alpha value is -2.77. The number of carbonyl (C=O) groups excluding carboxylic acids is 2. The van der Waals surface area contributed by atoms with Crippen molar-refractivity contribution in [3.8, 4) is 0 Å². The predicted octanol–water partition coefficient (Wildman–Crippen LogP) is 2.16. The number of amides is 2. The van der Waals surface area contributed by atoms with Gasteiger partial charge in [-0.2, -0.15) is 0 Å². The number of ether oxygens (including phenoxy) is 2. The third-order valence-corrected chi connectivity index (χ3v) is 6.49. The summed E-state index contributed by atoms with van der Waals surface area (Å²) >= 11 is 0. The summed E-state index contributed by atoms with van der Waals surface area (Å²) in [4.78, 5) is 30.9. The normalized spacial score (nSPS) is 21.3. The second-order valence-electron chi connectivity index (χ2n) is 8.32. The minimum atomic E-state index is -0.267. The van der Waals surface area contributed by atoms with Crippen LogP contribution in [0.4, 0.5) is 0 Å². The van der Waals surface area contributed by atoms with Crippen molar-refractivity contribution in [2.75, 3.05) is 26.2 Å². The van der Waals surface area contributed by atoms with E-state index in [2.05, 4.69) is 10.3 Å². The SMILES string of the molecule is O=C(NCC[C@H]1CCOC12CN(C(=O)c1ccc3c(c1)COC3)C2)c1ccncc1. The summed E-state index contributed by atoms with van der Waals surface area (Å²) in [6.45, 7) is 3.74. The predicted molar refractivity (Wildman–Crippen MR) is 109 cm³/mol. The van der Waals surface area contributed by atoms with Crippen LogP contribution < -0.4 is 5.32 Å². The molecule has 2 aromatic rings. The zero-order valence-electron chi connectivity index (χ0n) is 16.8. The number of benzene rings is 1. The molecule has 1 aromatic carbocycles. The van der Waals surface area contributed by atoms with Crippen molar-refractivity contribution in [3.63, 3.8) is 0 Å². The molecule has 156 valence electrons. The lowest BCUT2D eigenvalue weighted by molar-refractivity contribution is -0.117. The summed E-state index contributed by atoms with van der Waals surface area (Å²) in [5, 5.41) is 2.98. The minimum Gasteiger partial charge on any atom is -0.372 e. The average molecular weight is 407 g/mol. The van der Waals surface area contributed by atoms with Gasteiger partial charge in [-0.15, -0.1) is 0 Å². The maximum absolute atomic E-state index is 12.9. The van der Waals surface area contributed by atoms with Gasteiger partial charge in [-0.05, 0) is 54.2 Å². The zero-order valence-corrected chi connectivity index (χ0v) is 16.8. The Labute approximate surface area is 175 Å². The maximum atomic E-state index is 12.9. The molecule has 0 unspecified atom stereocenters. The summed E-state index contributed by atoms with van der Waals surface area (Å²) in [5.74, 6) is 0.305. The second kappa shape index (κ2) is 7.81. The van der Waals surface area contributed by atoms with Crippen molar-refractivity contribution in [2.45, 2.75) is 31.7 Å². The van der Waals surface area contributed by atoms with Crippen LogP contribution in [0, 0.1) is 5.92 Å². The molecule has 7 heteroatoms. The Balaban J connectivity index is 1.15. The Kier molecular flexibility index (Phi) is 5.00. The first-order valence-electron chi connectivity index (χ1n) is 10.5. The second-order valence-corrected chi connectivity index (χ2v) is 8.32. The molecule has 0 radical (unpaired) electrons. The quantitative estimate of drug-likeness (QED) is 0.822. The smallest absolute Gasteiger partial charge is 0.254 e. The average Bonchev–Trinajstić information content (AvgIpc) is 3.39. The number of nitrogens with zero attached hydrogens (tertiary/aromatic N) is 2. The van der Waals surface area contributed by atoms with Crippen LogP contribution in [0.5, 0.6) is 0 Å². The highest BCUT2D eigenvalue weighted by Gasteiger charge is 2.54. The molecule has 0 aliphatic carbocycles. The maximum Gasteiger partial charge on any atom is 0.254 e. The summed E-state index contributed by atoms with van der Waals surface area (Å²) in [6, 6.07) is 9.25. The van der Waals surface area contributed by atoms with Crippen LogP contribution in [0.15, 0.2) is 42.7 Å². The van der Waals surface area contributed by atoms with Crippen LogP contribution in [0.1, 0.15) is 44.7 Å². The van der Waals surface area contributed by atoms with Gasteiger partial charge in [0, 0.05) is 36.7 Å². The van der Waals surface area contributed by atoms with Gasteiger partial charge in [0.15, 0.2) is 0 Å². The highest BCUT2D eigenvalue weighted by molar-refractivity contribution is 5.95. The summed E-state index contributed by atoms with van der Waals surface area (Å²) in [5.41, 5.74) is 3.34. The molecule has 4 heterocycles. The molecular formula is C23H25N3O4. The number of rotatable bonds is 5. The van der Waals surface area contributed by atoms with Crippen LogP contribution in [0.25, 0.3) is 0 Å². The van der Waals surface area contributed by atoms with Crippen molar-refractivity contribution < 1.29 is 19.1 Å². The lowest BCUT2D eigenvalue weighted by Gasteiger charge is -2.50. The first-order valence-corrected chi connectivity index (χ1v) is 10.5. The van der Waals surface area contributed by atoms with E-state index < -0.39 is 0 Å². The van der Waals surface area contributed by atoms with E-state index >= 15 is 0 Å². The molecule has 1 N–H and O–H groups in total. The molecule has 2 fully saturated rings. The first kappa shape index (κ1) is 19.2. The highest BCUT2D eigenvalue weighted by Crippen LogP contribution is 2.42. The van der Waals surface area contributed by atoms with Gasteiger partial charge in [-0.25, -0.2) is 0 Å². The van der Waals surface area contributed by atoms with Crippen molar-refractivity contribution >= 4 is 11.8 Å². The van der Waals surface area contributed by atoms with E-state index in [0.29, 0.717) is 56.5 Å². The fraction of sp³-hybridized carbons (Fsp3) is 0.435. The van der Waals surface area contributed by atoms with Gasteiger partial charge in [-0.3, -0.25) is 14.6 Å². The van der Waals surface area contributed by atoms with Gasteiger partial charge < -0.3 is 19.7 Å². The number of hydrogen-bond donors (Lipinski definition) is 1. The molecule has 3 aliphatic heterocycles. The number of pyridine rings is 1. The molecule has 1 aromatic heterocycles. The minimum absolute atomic E-state index is 0.0514. The topological polar surface area (TPSA) is 80.8 Å². The number of carbonyl (C=O) groups is 2. The van der Waals surface area contributed by atoms with Crippen molar-refractivity contribution in [1.29, 1.82) is 0 Å². The highest BCUT2D eigenvalue weighted by atomic mass is 16.5. The third kappa shape index (κ3) is 3.48. The van der Waals surface area contributed by atoms with E-state index in [9.17, 15) is 9.59 Å². The molecular weight excluding hydrogens is 382 g/mol. The number of fused-ring (bicyclic) bond motifs is 1. The fourth-order valence-electron chi connectivity index (χ4n) is 4.74. The molecule has 2 saturated heterocycles. The molecule has 7 nitrogen and oxygen atoms in total. The molecule has 1 spiro atoms. The third-order valence-electron chi connectivity index (χ3n) is 6.49. The Morgan fingerprint density at radius 2 is 1.90 bits per heavy atom. The molecule has 5 rings (SSSR count). The lowest BCUT2D eigenvalue weighted by Crippen LogP contribution is -2.66. The first-order chi connectivity index (χ1) is 14.6. The Morgan fingerprint density at radius 3 is 2.73 bits per heavy atom. The number of hydrogen-bond acceptors (Lipinski definition) is 5. The van der Waals surface area contributed by atoms with Crippen LogP contribution in [-0.4, -0.2) is 53.5 Å².